The summed E-state index contributed by atoms with van der Waals surface area (Å²) in [5, 5.41) is 3.86. The van der Waals surface area contributed by atoms with Gasteiger partial charge in [-0.2, -0.15) is 0 Å². The second kappa shape index (κ2) is 6.34. The lowest BCUT2D eigenvalue weighted by molar-refractivity contribution is -0.129. The molecule has 5 heteroatoms. The fourth-order valence-electron chi connectivity index (χ4n) is 3.21. The van der Waals surface area contributed by atoms with Gasteiger partial charge < -0.3 is 5.32 Å². The van der Waals surface area contributed by atoms with E-state index in [1.807, 2.05) is 24.3 Å². The summed E-state index contributed by atoms with van der Waals surface area (Å²) in [6.45, 7) is 2.72. The Balaban J connectivity index is 1.59. The van der Waals surface area contributed by atoms with Crippen LogP contribution in [0, 0.1) is 5.92 Å². The molecule has 0 radical (unpaired) electrons. The molecule has 1 aliphatic heterocycles. The topological polar surface area (TPSA) is 53.2 Å². The highest BCUT2D eigenvalue weighted by atomic mass is 35.5. The van der Waals surface area contributed by atoms with Crippen LogP contribution < -0.4 is 16.2 Å². The van der Waals surface area contributed by atoms with Crippen molar-refractivity contribution in [1.82, 2.24) is 16.2 Å². The SMILES string of the molecule is O=C(NCCC1CNNC1)C1(c2ccc(Cl)cc2)CCC1. The maximum Gasteiger partial charge on any atom is 0.230 e. The van der Waals surface area contributed by atoms with E-state index >= 15 is 0 Å². The molecule has 0 unspecified atom stereocenters. The van der Waals surface area contributed by atoms with Gasteiger partial charge in [-0.1, -0.05) is 30.2 Å². The van der Waals surface area contributed by atoms with Gasteiger partial charge in [0, 0.05) is 24.7 Å². The number of halogens is 1. The molecular weight excluding hydrogens is 286 g/mol. The molecule has 0 bridgehead atoms. The van der Waals surface area contributed by atoms with E-state index in [1.54, 1.807) is 0 Å². The number of carbonyl (C=O) groups is 1. The van der Waals surface area contributed by atoms with E-state index in [0.717, 1.165) is 55.9 Å². The van der Waals surface area contributed by atoms with Crippen molar-refractivity contribution >= 4 is 17.5 Å². The van der Waals surface area contributed by atoms with Gasteiger partial charge in [-0.3, -0.25) is 15.6 Å². The summed E-state index contributed by atoms with van der Waals surface area (Å²) in [7, 11) is 0. The molecule has 4 nitrogen and oxygen atoms in total. The second-order valence-electron chi connectivity index (χ2n) is 6.11. The highest BCUT2D eigenvalue weighted by Crippen LogP contribution is 2.44. The van der Waals surface area contributed by atoms with E-state index in [9.17, 15) is 4.79 Å². The van der Waals surface area contributed by atoms with Gasteiger partial charge in [0.2, 0.25) is 5.91 Å². The van der Waals surface area contributed by atoms with Crippen LogP contribution in [-0.4, -0.2) is 25.5 Å². The van der Waals surface area contributed by atoms with Crippen LogP contribution in [0.2, 0.25) is 5.02 Å². The monoisotopic (exact) mass is 307 g/mol. The van der Waals surface area contributed by atoms with Crippen LogP contribution in [0.5, 0.6) is 0 Å². The first-order valence-electron chi connectivity index (χ1n) is 7.71. The number of nitrogens with one attached hydrogen (secondary N) is 3. The van der Waals surface area contributed by atoms with Gasteiger partial charge in [0.25, 0.3) is 0 Å². The van der Waals surface area contributed by atoms with Crippen molar-refractivity contribution in [3.63, 3.8) is 0 Å². The molecule has 1 amide bonds. The van der Waals surface area contributed by atoms with E-state index in [-0.39, 0.29) is 11.3 Å². The zero-order valence-corrected chi connectivity index (χ0v) is 12.9. The molecule has 1 aromatic carbocycles. The minimum Gasteiger partial charge on any atom is -0.355 e. The molecule has 1 aromatic rings. The van der Waals surface area contributed by atoms with Gasteiger partial charge in [0.05, 0.1) is 5.41 Å². The number of hydrogen-bond donors (Lipinski definition) is 3. The third kappa shape index (κ3) is 3.07. The molecule has 1 saturated carbocycles. The van der Waals surface area contributed by atoms with Gasteiger partial charge >= 0.3 is 0 Å². The molecule has 21 heavy (non-hydrogen) atoms. The first-order valence-corrected chi connectivity index (χ1v) is 8.08. The Hall–Kier alpha value is -1.10. The standard InChI is InChI=1S/C16H22ClN3O/c17-14-4-2-13(3-5-14)16(7-1-8-16)15(21)18-9-6-12-10-19-20-11-12/h2-5,12,19-20H,1,6-11H2,(H,18,21). The molecule has 1 heterocycles. The Morgan fingerprint density at radius 2 is 1.90 bits per heavy atom. The van der Waals surface area contributed by atoms with Crippen LogP contribution in [0.4, 0.5) is 0 Å². The summed E-state index contributed by atoms with van der Waals surface area (Å²) in [6.07, 6.45) is 4.01. The Labute approximate surface area is 130 Å². The predicted molar refractivity (Wildman–Crippen MR) is 84.1 cm³/mol. The van der Waals surface area contributed by atoms with Crippen LogP contribution in [0.1, 0.15) is 31.2 Å². The van der Waals surface area contributed by atoms with E-state index in [2.05, 4.69) is 16.2 Å². The molecule has 1 aliphatic carbocycles. The van der Waals surface area contributed by atoms with E-state index in [1.165, 1.54) is 0 Å². The van der Waals surface area contributed by atoms with Crippen molar-refractivity contribution in [3.05, 3.63) is 34.9 Å². The largest absolute Gasteiger partial charge is 0.355 e. The predicted octanol–water partition coefficient (Wildman–Crippen LogP) is 1.99. The molecular formula is C16H22ClN3O. The Morgan fingerprint density at radius 3 is 2.48 bits per heavy atom. The summed E-state index contributed by atoms with van der Waals surface area (Å²) in [4.78, 5) is 12.6. The molecule has 2 fully saturated rings. The zero-order valence-electron chi connectivity index (χ0n) is 12.1. The number of benzene rings is 1. The molecule has 0 spiro atoms. The minimum atomic E-state index is -0.323. The Morgan fingerprint density at radius 1 is 1.24 bits per heavy atom. The highest BCUT2D eigenvalue weighted by Gasteiger charge is 2.45. The maximum absolute atomic E-state index is 12.6. The summed E-state index contributed by atoms with van der Waals surface area (Å²) >= 11 is 5.95. The van der Waals surface area contributed by atoms with Crippen LogP contribution in [-0.2, 0) is 10.2 Å². The van der Waals surface area contributed by atoms with Crippen LogP contribution >= 0.6 is 11.6 Å². The molecule has 0 aromatic heterocycles. The summed E-state index contributed by atoms with van der Waals surface area (Å²) in [6, 6.07) is 7.73. The van der Waals surface area contributed by atoms with Gasteiger partial charge in [-0.05, 0) is 42.9 Å². The number of rotatable bonds is 5. The Kier molecular flexibility index (Phi) is 4.48. The molecule has 2 aliphatic rings. The lowest BCUT2D eigenvalue weighted by atomic mass is 9.64. The molecule has 3 rings (SSSR count). The van der Waals surface area contributed by atoms with Gasteiger partial charge in [-0.15, -0.1) is 0 Å². The van der Waals surface area contributed by atoms with Crippen molar-refractivity contribution in [2.75, 3.05) is 19.6 Å². The van der Waals surface area contributed by atoms with Crippen LogP contribution in [0.25, 0.3) is 0 Å². The fourth-order valence-corrected chi connectivity index (χ4v) is 3.34. The third-order valence-electron chi connectivity index (χ3n) is 4.78. The van der Waals surface area contributed by atoms with Gasteiger partial charge in [-0.25, -0.2) is 0 Å². The van der Waals surface area contributed by atoms with E-state index in [0.29, 0.717) is 5.92 Å². The zero-order chi connectivity index (χ0) is 14.7. The minimum absolute atomic E-state index is 0.176. The first kappa shape index (κ1) is 14.8. The normalized spacial score (nSPS) is 21.0. The fraction of sp³-hybridized carbons (Fsp3) is 0.562. The summed E-state index contributed by atoms with van der Waals surface area (Å²) in [5.74, 6) is 0.785. The van der Waals surface area contributed by atoms with Crippen molar-refractivity contribution in [2.45, 2.75) is 31.1 Å². The Bertz CT molecular complexity index is 493. The van der Waals surface area contributed by atoms with Crippen LogP contribution in [0.3, 0.4) is 0 Å². The maximum atomic E-state index is 12.6. The second-order valence-corrected chi connectivity index (χ2v) is 6.55. The smallest absolute Gasteiger partial charge is 0.230 e. The van der Waals surface area contributed by atoms with Crippen molar-refractivity contribution in [3.8, 4) is 0 Å². The van der Waals surface area contributed by atoms with Crippen molar-refractivity contribution < 1.29 is 4.79 Å². The average molecular weight is 308 g/mol. The van der Waals surface area contributed by atoms with Gasteiger partial charge in [0.1, 0.15) is 0 Å². The number of hydrogen-bond acceptors (Lipinski definition) is 3. The summed E-state index contributed by atoms with van der Waals surface area (Å²) < 4.78 is 0. The van der Waals surface area contributed by atoms with Crippen LogP contribution in [0.15, 0.2) is 24.3 Å². The van der Waals surface area contributed by atoms with E-state index in [4.69, 9.17) is 11.6 Å². The lowest BCUT2D eigenvalue weighted by Crippen LogP contribution is -2.49. The molecule has 0 atom stereocenters. The molecule has 1 saturated heterocycles. The number of amides is 1. The average Bonchev–Trinajstić information content (AvgIpc) is 2.93. The summed E-state index contributed by atoms with van der Waals surface area (Å²) in [5.41, 5.74) is 7.01. The molecule has 114 valence electrons. The third-order valence-corrected chi connectivity index (χ3v) is 5.04. The van der Waals surface area contributed by atoms with E-state index < -0.39 is 0 Å². The molecule has 3 N–H and O–H groups in total. The number of hydrazine groups is 1. The van der Waals surface area contributed by atoms with Gasteiger partial charge in [0.15, 0.2) is 0 Å². The highest BCUT2D eigenvalue weighted by molar-refractivity contribution is 6.30. The quantitative estimate of drug-likeness (QED) is 0.780. The lowest BCUT2D eigenvalue weighted by Gasteiger charge is -2.40. The van der Waals surface area contributed by atoms with Crippen molar-refractivity contribution in [2.24, 2.45) is 5.92 Å². The van der Waals surface area contributed by atoms with Crippen molar-refractivity contribution in [1.29, 1.82) is 0 Å². The number of carbonyl (C=O) groups excluding carboxylic acids is 1. The first-order chi connectivity index (χ1) is 10.2.